The molecule has 0 aromatic heterocycles. The molecule has 11 heavy (non-hydrogen) atoms. The van der Waals surface area contributed by atoms with Crippen LogP contribution in [-0.2, 0) is 0 Å². The molecule has 1 atom stereocenters. The number of hydrogen-bond donors (Lipinski definition) is 0. The summed E-state index contributed by atoms with van der Waals surface area (Å²) in [6.45, 7) is 17.0. The summed E-state index contributed by atoms with van der Waals surface area (Å²) in [7, 11) is 0. The molecule has 0 aliphatic carbocycles. The first-order valence-corrected chi connectivity index (χ1v) is 4.47. The van der Waals surface area contributed by atoms with Crippen molar-refractivity contribution in [1.29, 1.82) is 0 Å². The molecule has 0 bridgehead atoms. The molecule has 0 aromatic carbocycles. The minimum Gasteiger partial charge on any atom is -0.0649 e. The van der Waals surface area contributed by atoms with Crippen molar-refractivity contribution in [3.63, 3.8) is 0 Å². The first-order chi connectivity index (χ1) is 4.77. The van der Waals surface area contributed by atoms with Crippen LogP contribution in [0.3, 0.4) is 0 Å². The van der Waals surface area contributed by atoms with Crippen molar-refractivity contribution >= 4 is 0 Å². The number of hydrogen-bond acceptors (Lipinski definition) is 0. The summed E-state index contributed by atoms with van der Waals surface area (Å²) in [5, 5.41) is 0. The lowest BCUT2D eigenvalue weighted by Gasteiger charge is -2.27. The third kappa shape index (κ3) is 6.40. The molecular formula is C11H22. The molecule has 66 valence electrons. The Morgan fingerprint density at radius 3 is 1.73 bits per heavy atom. The van der Waals surface area contributed by atoms with Crippen LogP contribution in [0.15, 0.2) is 0 Å². The van der Waals surface area contributed by atoms with Gasteiger partial charge in [-0.3, -0.25) is 0 Å². The van der Waals surface area contributed by atoms with Crippen molar-refractivity contribution in [2.45, 2.75) is 47.0 Å². The molecule has 0 aliphatic heterocycles. The van der Waals surface area contributed by atoms with E-state index in [4.69, 9.17) is 0 Å². The van der Waals surface area contributed by atoms with E-state index in [1.807, 2.05) is 0 Å². The molecular weight excluding hydrogens is 132 g/mol. The van der Waals surface area contributed by atoms with E-state index in [0.717, 1.165) is 6.42 Å². The molecule has 1 unspecified atom stereocenters. The Bertz CT molecular complexity index is 104. The maximum atomic E-state index is 4.16. The van der Waals surface area contributed by atoms with Gasteiger partial charge in [-0.05, 0) is 37.5 Å². The molecule has 0 amide bonds. The predicted molar refractivity (Wildman–Crippen MR) is 52.1 cm³/mol. The number of rotatable bonds is 4. The highest BCUT2D eigenvalue weighted by Gasteiger charge is 2.19. The Morgan fingerprint density at radius 1 is 1.00 bits per heavy atom. The zero-order valence-electron chi connectivity index (χ0n) is 8.54. The first kappa shape index (κ1) is 11.0. The van der Waals surface area contributed by atoms with Crippen molar-refractivity contribution in [3.05, 3.63) is 13.8 Å². The predicted octanol–water partition coefficient (Wildman–Crippen LogP) is 3.88. The fourth-order valence-corrected chi connectivity index (χ4v) is 0.817. The molecule has 0 aromatic rings. The van der Waals surface area contributed by atoms with E-state index in [2.05, 4.69) is 41.5 Å². The molecule has 0 spiro atoms. The van der Waals surface area contributed by atoms with E-state index >= 15 is 0 Å². The van der Waals surface area contributed by atoms with Crippen LogP contribution >= 0.6 is 0 Å². The molecule has 0 heterocycles. The van der Waals surface area contributed by atoms with Gasteiger partial charge in [-0.1, -0.05) is 34.1 Å². The van der Waals surface area contributed by atoms with Crippen LogP contribution in [0.5, 0.6) is 0 Å². The van der Waals surface area contributed by atoms with Gasteiger partial charge in [-0.2, -0.15) is 0 Å². The Hall–Kier alpha value is 0. The van der Waals surface area contributed by atoms with E-state index in [-0.39, 0.29) is 10.8 Å². The second-order valence-corrected chi connectivity index (χ2v) is 4.83. The Labute approximate surface area is 72.4 Å². The summed E-state index contributed by atoms with van der Waals surface area (Å²) < 4.78 is 0. The van der Waals surface area contributed by atoms with Gasteiger partial charge in [-0.25, -0.2) is 0 Å². The van der Waals surface area contributed by atoms with Crippen LogP contribution in [0.2, 0.25) is 0 Å². The van der Waals surface area contributed by atoms with E-state index in [0.29, 0.717) is 0 Å². The maximum absolute atomic E-state index is 4.16. The van der Waals surface area contributed by atoms with Crippen molar-refractivity contribution in [2.75, 3.05) is 0 Å². The average Bonchev–Trinajstić information content (AvgIpc) is 1.83. The molecule has 0 saturated heterocycles. The zero-order chi connectivity index (χ0) is 9.12. The standard InChI is InChI=1S/C11H22/c1-7-11(5,6)9-8-10(2,3)4/h2,5,7-9H2,1,3-4,6H3. The van der Waals surface area contributed by atoms with Crippen LogP contribution in [0, 0.1) is 24.7 Å². The lowest BCUT2D eigenvalue weighted by Crippen LogP contribution is -2.15. The minimum absolute atomic E-state index is 0.216. The quantitative estimate of drug-likeness (QED) is 0.576. The Morgan fingerprint density at radius 2 is 1.45 bits per heavy atom. The molecule has 0 N–H and O–H groups in total. The van der Waals surface area contributed by atoms with Crippen LogP contribution in [-0.4, -0.2) is 0 Å². The molecule has 0 heteroatoms. The van der Waals surface area contributed by atoms with Gasteiger partial charge in [0.05, 0.1) is 0 Å². The summed E-state index contributed by atoms with van der Waals surface area (Å²) in [6, 6.07) is 0. The van der Waals surface area contributed by atoms with Gasteiger partial charge in [0.25, 0.3) is 0 Å². The third-order valence-corrected chi connectivity index (χ3v) is 2.26. The highest BCUT2D eigenvalue weighted by Crippen LogP contribution is 2.31. The van der Waals surface area contributed by atoms with Crippen LogP contribution in [0.25, 0.3) is 0 Å². The van der Waals surface area contributed by atoms with Gasteiger partial charge in [0.1, 0.15) is 0 Å². The molecule has 2 radical (unpaired) electrons. The van der Waals surface area contributed by atoms with E-state index < -0.39 is 0 Å². The second-order valence-electron chi connectivity index (χ2n) is 4.83. The van der Waals surface area contributed by atoms with Crippen molar-refractivity contribution in [3.8, 4) is 0 Å². The van der Waals surface area contributed by atoms with Gasteiger partial charge in [-0.15, -0.1) is 0 Å². The van der Waals surface area contributed by atoms with Gasteiger partial charge in [0, 0.05) is 0 Å². The average molecular weight is 154 g/mol. The third-order valence-electron chi connectivity index (χ3n) is 2.26. The zero-order valence-corrected chi connectivity index (χ0v) is 8.54. The highest BCUT2D eigenvalue weighted by atomic mass is 14.2. The summed E-state index contributed by atoms with van der Waals surface area (Å²) in [5.74, 6) is 0. The smallest absolute Gasteiger partial charge is 0.0328 e. The molecule has 0 aliphatic rings. The Kier molecular flexibility index (Phi) is 3.60. The SMILES string of the molecule is [CH2]C(C)(C)CCC([CH2])(C)CC. The van der Waals surface area contributed by atoms with Crippen LogP contribution < -0.4 is 0 Å². The summed E-state index contributed by atoms with van der Waals surface area (Å²) in [5.41, 5.74) is 0.475. The van der Waals surface area contributed by atoms with Crippen molar-refractivity contribution in [1.82, 2.24) is 0 Å². The van der Waals surface area contributed by atoms with E-state index in [1.54, 1.807) is 0 Å². The second kappa shape index (κ2) is 3.60. The minimum atomic E-state index is 0.216. The topological polar surface area (TPSA) is 0 Å². The van der Waals surface area contributed by atoms with Gasteiger partial charge in [0.15, 0.2) is 0 Å². The van der Waals surface area contributed by atoms with Crippen molar-refractivity contribution in [2.24, 2.45) is 10.8 Å². The van der Waals surface area contributed by atoms with Crippen LogP contribution in [0.4, 0.5) is 0 Å². The molecule has 0 nitrogen and oxygen atoms in total. The summed E-state index contributed by atoms with van der Waals surface area (Å²) in [4.78, 5) is 0. The van der Waals surface area contributed by atoms with Crippen molar-refractivity contribution < 1.29 is 0 Å². The normalized spacial score (nSPS) is 13.6. The highest BCUT2D eigenvalue weighted by molar-refractivity contribution is 4.80. The fraction of sp³-hybridized carbons (Fsp3) is 0.818. The van der Waals surface area contributed by atoms with Crippen LogP contribution in [0.1, 0.15) is 47.0 Å². The molecule has 0 rings (SSSR count). The summed E-state index contributed by atoms with van der Waals surface area (Å²) >= 11 is 0. The van der Waals surface area contributed by atoms with Gasteiger partial charge >= 0.3 is 0 Å². The van der Waals surface area contributed by atoms with Gasteiger partial charge < -0.3 is 0 Å². The van der Waals surface area contributed by atoms with Gasteiger partial charge in [0.2, 0.25) is 0 Å². The van der Waals surface area contributed by atoms with E-state index in [9.17, 15) is 0 Å². The molecule has 0 fully saturated rings. The first-order valence-electron chi connectivity index (χ1n) is 4.47. The maximum Gasteiger partial charge on any atom is -0.0328 e. The van der Waals surface area contributed by atoms with E-state index in [1.165, 1.54) is 12.8 Å². The summed E-state index contributed by atoms with van der Waals surface area (Å²) in [6.07, 6.45) is 3.50. The lowest BCUT2D eigenvalue weighted by molar-refractivity contribution is 0.296. The Balaban J connectivity index is 3.70. The molecule has 0 saturated carbocycles. The fourth-order valence-electron chi connectivity index (χ4n) is 0.817. The largest absolute Gasteiger partial charge is 0.0649 e. The lowest BCUT2D eigenvalue weighted by atomic mass is 9.79. The monoisotopic (exact) mass is 154 g/mol.